The Morgan fingerprint density at radius 1 is 0.917 bits per heavy atom. The first-order valence-electron chi connectivity index (χ1n) is 11.3. The van der Waals surface area contributed by atoms with Crippen LogP contribution in [-0.4, -0.2) is 21.0 Å². The summed E-state index contributed by atoms with van der Waals surface area (Å²) in [4.78, 5) is 24.2. The Hall–Kier alpha value is -4.98. The first-order chi connectivity index (χ1) is 17.5. The van der Waals surface area contributed by atoms with Crippen molar-refractivity contribution in [2.45, 2.75) is 13.8 Å². The Kier molecular flexibility index (Phi) is 6.15. The Morgan fingerprint density at radius 3 is 2.36 bits per heavy atom. The molecule has 8 nitrogen and oxygen atoms in total. The highest BCUT2D eigenvalue weighted by atomic mass is 16.5. The maximum Gasteiger partial charge on any atom is 0.269 e. The summed E-state index contributed by atoms with van der Waals surface area (Å²) in [5, 5.41) is 3.78. The van der Waals surface area contributed by atoms with Crippen LogP contribution in [0.5, 0.6) is 11.6 Å². The van der Waals surface area contributed by atoms with Crippen molar-refractivity contribution in [3.8, 4) is 23.0 Å². The molecule has 0 aliphatic heterocycles. The fourth-order valence-electron chi connectivity index (χ4n) is 4.03. The van der Waals surface area contributed by atoms with E-state index >= 15 is 0 Å². The van der Waals surface area contributed by atoms with Gasteiger partial charge in [0.1, 0.15) is 11.3 Å². The minimum atomic E-state index is -0.356. The summed E-state index contributed by atoms with van der Waals surface area (Å²) in [6, 6.07) is 24.3. The van der Waals surface area contributed by atoms with Gasteiger partial charge in [-0.25, -0.2) is 4.98 Å². The number of rotatable bonds is 6. The predicted octanol–water partition coefficient (Wildman–Crippen LogP) is 6.10. The van der Waals surface area contributed by atoms with E-state index in [9.17, 15) is 4.79 Å². The molecule has 2 heterocycles. The molecule has 0 aliphatic rings. The number of hydrogen-bond donors (Lipinski definition) is 1. The van der Waals surface area contributed by atoms with E-state index in [4.69, 9.17) is 15.0 Å². The van der Waals surface area contributed by atoms with Gasteiger partial charge in [0.2, 0.25) is 11.8 Å². The molecule has 36 heavy (non-hydrogen) atoms. The quantitative estimate of drug-likeness (QED) is 0.315. The van der Waals surface area contributed by atoms with Gasteiger partial charge >= 0.3 is 0 Å². The van der Waals surface area contributed by atoms with Crippen molar-refractivity contribution in [2.75, 3.05) is 10.6 Å². The number of para-hydroxylation sites is 3. The maximum absolute atomic E-state index is 14.2. The molecule has 0 radical (unpaired) electrons. The van der Waals surface area contributed by atoms with Gasteiger partial charge in [-0.05, 0) is 49.2 Å². The largest absolute Gasteiger partial charge is 0.437 e. The number of anilines is 3. The Bertz CT molecular complexity index is 1500. The molecule has 0 fully saturated rings. The number of benzene rings is 3. The standard InChI is InChI=1S/C28H23N5O3/c1-18-9-8-10-19(2)25(18)33(20-11-4-3-5-12-20)27(34)22-17-30-28(29)32-26(22)35-23-14-7-6-13-21(23)24-15-16-31-36-24/h3-17H,1-2H3,(H2,29,30,32). The SMILES string of the molecule is Cc1cccc(C)c1N(C(=O)c1cnc(N)nc1Oc1ccccc1-c1ccno1)c1ccccc1. The van der Waals surface area contributed by atoms with Crippen LogP contribution >= 0.6 is 0 Å². The smallest absolute Gasteiger partial charge is 0.269 e. The minimum absolute atomic E-state index is 0.0166. The van der Waals surface area contributed by atoms with E-state index in [0.717, 1.165) is 16.8 Å². The minimum Gasteiger partial charge on any atom is -0.437 e. The molecule has 2 aromatic heterocycles. The fourth-order valence-corrected chi connectivity index (χ4v) is 4.03. The lowest BCUT2D eigenvalue weighted by atomic mass is 10.1. The van der Waals surface area contributed by atoms with Crippen LogP contribution in [0, 0.1) is 13.8 Å². The molecule has 5 rings (SSSR count). The van der Waals surface area contributed by atoms with E-state index in [2.05, 4.69) is 15.1 Å². The summed E-state index contributed by atoms with van der Waals surface area (Å²) >= 11 is 0. The maximum atomic E-state index is 14.2. The molecular formula is C28H23N5O3. The average molecular weight is 478 g/mol. The van der Waals surface area contributed by atoms with Crippen LogP contribution in [0.3, 0.4) is 0 Å². The van der Waals surface area contributed by atoms with Crippen LogP contribution in [0.2, 0.25) is 0 Å². The highest BCUT2D eigenvalue weighted by Gasteiger charge is 2.27. The normalized spacial score (nSPS) is 10.7. The molecule has 5 aromatic rings. The monoisotopic (exact) mass is 477 g/mol. The summed E-state index contributed by atoms with van der Waals surface area (Å²) in [6.45, 7) is 3.94. The van der Waals surface area contributed by atoms with Crippen LogP contribution in [0.1, 0.15) is 21.5 Å². The highest BCUT2D eigenvalue weighted by Crippen LogP contribution is 2.37. The van der Waals surface area contributed by atoms with Gasteiger partial charge in [0.15, 0.2) is 5.76 Å². The summed E-state index contributed by atoms with van der Waals surface area (Å²) in [5.74, 6) is 0.607. The van der Waals surface area contributed by atoms with Crippen molar-refractivity contribution >= 4 is 23.2 Å². The molecule has 8 heteroatoms. The second kappa shape index (κ2) is 9.71. The lowest BCUT2D eigenvalue weighted by molar-refractivity contribution is 0.0996. The third-order valence-corrected chi connectivity index (χ3v) is 5.68. The van der Waals surface area contributed by atoms with Gasteiger partial charge in [0.25, 0.3) is 5.91 Å². The van der Waals surface area contributed by atoms with Gasteiger partial charge in [-0.3, -0.25) is 9.69 Å². The van der Waals surface area contributed by atoms with Gasteiger partial charge in [0.05, 0.1) is 17.4 Å². The molecule has 3 aromatic carbocycles. The molecule has 0 saturated heterocycles. The molecule has 0 aliphatic carbocycles. The van der Waals surface area contributed by atoms with Crippen LogP contribution in [0.15, 0.2) is 95.8 Å². The van der Waals surface area contributed by atoms with Gasteiger partial charge in [-0.1, -0.05) is 53.7 Å². The molecule has 1 amide bonds. The topological polar surface area (TPSA) is 107 Å². The van der Waals surface area contributed by atoms with Crippen molar-refractivity contribution in [1.29, 1.82) is 0 Å². The molecule has 178 valence electrons. The summed E-state index contributed by atoms with van der Waals surface area (Å²) in [7, 11) is 0. The van der Waals surface area contributed by atoms with Gasteiger partial charge in [-0.15, -0.1) is 0 Å². The lowest BCUT2D eigenvalue weighted by Gasteiger charge is -2.27. The zero-order chi connectivity index (χ0) is 25.1. The Labute approximate surface area is 208 Å². The molecule has 0 saturated carbocycles. The van der Waals surface area contributed by atoms with E-state index in [0.29, 0.717) is 22.8 Å². The predicted molar refractivity (Wildman–Crippen MR) is 137 cm³/mol. The van der Waals surface area contributed by atoms with Crippen molar-refractivity contribution in [1.82, 2.24) is 15.1 Å². The number of nitrogens with zero attached hydrogens (tertiary/aromatic N) is 4. The third kappa shape index (κ3) is 4.39. The van der Waals surface area contributed by atoms with E-state index in [1.807, 2.05) is 80.6 Å². The number of aromatic nitrogens is 3. The molecule has 0 bridgehead atoms. The van der Waals surface area contributed by atoms with Gasteiger partial charge in [-0.2, -0.15) is 4.98 Å². The highest BCUT2D eigenvalue weighted by molar-refractivity contribution is 6.12. The van der Waals surface area contributed by atoms with E-state index < -0.39 is 0 Å². The molecule has 0 unspecified atom stereocenters. The Morgan fingerprint density at radius 2 is 1.64 bits per heavy atom. The Balaban J connectivity index is 1.63. The van der Waals surface area contributed by atoms with E-state index in [1.165, 1.54) is 6.20 Å². The zero-order valence-electron chi connectivity index (χ0n) is 19.8. The number of carbonyl (C=O) groups is 1. The number of amides is 1. The molecule has 0 spiro atoms. The molecular weight excluding hydrogens is 454 g/mol. The summed E-state index contributed by atoms with van der Waals surface area (Å²) in [6.07, 6.45) is 2.94. The summed E-state index contributed by atoms with van der Waals surface area (Å²) < 4.78 is 11.5. The second-order valence-electron chi connectivity index (χ2n) is 8.14. The van der Waals surface area contributed by atoms with Crippen LogP contribution in [0.4, 0.5) is 17.3 Å². The number of nitrogen functional groups attached to an aromatic ring is 1. The second-order valence-corrected chi connectivity index (χ2v) is 8.14. The number of aryl methyl sites for hydroxylation is 2. The number of hydrogen-bond acceptors (Lipinski definition) is 7. The number of ether oxygens (including phenoxy) is 1. The molecule has 2 N–H and O–H groups in total. The van der Waals surface area contributed by atoms with E-state index in [1.54, 1.807) is 23.2 Å². The van der Waals surface area contributed by atoms with Gasteiger partial charge < -0.3 is 15.0 Å². The average Bonchev–Trinajstić information content (AvgIpc) is 3.42. The van der Waals surface area contributed by atoms with Crippen molar-refractivity contribution < 1.29 is 14.1 Å². The summed E-state index contributed by atoms with van der Waals surface area (Å²) in [5.41, 5.74) is 10.1. The van der Waals surface area contributed by atoms with Gasteiger partial charge in [0, 0.05) is 18.0 Å². The molecule has 0 atom stereocenters. The third-order valence-electron chi connectivity index (χ3n) is 5.68. The van der Waals surface area contributed by atoms with E-state index in [-0.39, 0.29) is 23.3 Å². The fraction of sp³-hybridized carbons (Fsp3) is 0.0714. The first kappa shape index (κ1) is 22.8. The van der Waals surface area contributed by atoms with Crippen molar-refractivity contribution in [3.63, 3.8) is 0 Å². The first-order valence-corrected chi connectivity index (χ1v) is 11.3. The zero-order valence-corrected chi connectivity index (χ0v) is 19.8. The van der Waals surface area contributed by atoms with Crippen LogP contribution in [0.25, 0.3) is 11.3 Å². The van der Waals surface area contributed by atoms with Crippen molar-refractivity contribution in [3.05, 3.63) is 108 Å². The van der Waals surface area contributed by atoms with Crippen molar-refractivity contribution in [2.24, 2.45) is 0 Å². The van der Waals surface area contributed by atoms with Crippen LogP contribution in [-0.2, 0) is 0 Å². The van der Waals surface area contributed by atoms with Crippen LogP contribution < -0.4 is 15.4 Å². The lowest BCUT2D eigenvalue weighted by Crippen LogP contribution is -2.28. The number of carbonyl (C=O) groups excluding carboxylic acids is 1. The number of nitrogens with two attached hydrogens (primary N) is 1.